The Hall–Kier alpha value is -0.905. The molecule has 108 valence electrons. The summed E-state index contributed by atoms with van der Waals surface area (Å²) in [5.74, 6) is -0.342. The van der Waals surface area contributed by atoms with Gasteiger partial charge in [0.2, 0.25) is 0 Å². The van der Waals surface area contributed by atoms with Crippen molar-refractivity contribution in [3.05, 3.63) is 29.1 Å². The van der Waals surface area contributed by atoms with Crippen LogP contribution < -0.4 is 5.46 Å². The largest absolute Gasteiger partial charge is 0.495 e. The van der Waals surface area contributed by atoms with Crippen LogP contribution in [-0.4, -0.2) is 23.4 Å². The molecule has 0 aromatic heterocycles. The van der Waals surface area contributed by atoms with Crippen LogP contribution in [0.25, 0.3) is 0 Å². The van der Waals surface area contributed by atoms with Crippen LogP contribution in [0.1, 0.15) is 51.3 Å². The fourth-order valence-electron chi connectivity index (χ4n) is 2.91. The molecule has 1 aromatic carbocycles. The van der Waals surface area contributed by atoms with E-state index >= 15 is 0 Å². The molecule has 1 N–H and O–H groups in total. The summed E-state index contributed by atoms with van der Waals surface area (Å²) >= 11 is 0. The first-order chi connectivity index (χ1) is 9.23. The van der Waals surface area contributed by atoms with Gasteiger partial charge in [-0.05, 0) is 57.6 Å². The van der Waals surface area contributed by atoms with Gasteiger partial charge in [-0.15, -0.1) is 0 Å². The standard InChI is InChI=1S/C15H20BFO3/c1-14(2)15(3,4)20-16(19-14)10-6-7-11(17)13-9(10)5-8-12(13)18/h6-7,12,18H,5,8H2,1-4H3. The third-order valence-corrected chi connectivity index (χ3v) is 4.85. The van der Waals surface area contributed by atoms with Crippen molar-refractivity contribution in [2.45, 2.75) is 57.8 Å². The normalized spacial score (nSPS) is 26.9. The average molecular weight is 278 g/mol. The van der Waals surface area contributed by atoms with Crippen molar-refractivity contribution in [3.63, 3.8) is 0 Å². The first kappa shape index (κ1) is 14.0. The highest BCUT2D eigenvalue weighted by Gasteiger charge is 2.52. The zero-order valence-electron chi connectivity index (χ0n) is 12.4. The zero-order chi connectivity index (χ0) is 14.7. The number of aliphatic hydroxyl groups is 1. The van der Waals surface area contributed by atoms with Crippen LogP contribution in [0, 0.1) is 5.82 Å². The summed E-state index contributed by atoms with van der Waals surface area (Å²) in [5, 5.41) is 9.91. The monoisotopic (exact) mass is 278 g/mol. The SMILES string of the molecule is CC1(C)OB(c2ccc(F)c3c2CCC3O)OC1(C)C. The maximum absolute atomic E-state index is 13.9. The summed E-state index contributed by atoms with van der Waals surface area (Å²) in [5.41, 5.74) is 1.26. The summed E-state index contributed by atoms with van der Waals surface area (Å²) in [6.07, 6.45) is 0.503. The summed E-state index contributed by atoms with van der Waals surface area (Å²) in [6.45, 7) is 7.97. The summed E-state index contributed by atoms with van der Waals surface area (Å²) in [7, 11) is -0.500. The Bertz CT molecular complexity index is 540. The second-order valence-electron chi connectivity index (χ2n) is 6.67. The smallest absolute Gasteiger partial charge is 0.399 e. The third-order valence-electron chi connectivity index (χ3n) is 4.85. The molecule has 1 aliphatic heterocycles. The van der Waals surface area contributed by atoms with Crippen LogP contribution in [-0.2, 0) is 15.7 Å². The second kappa shape index (κ2) is 4.29. The molecule has 2 aliphatic rings. The van der Waals surface area contributed by atoms with Gasteiger partial charge in [0.15, 0.2) is 0 Å². The molecular formula is C15H20BFO3. The van der Waals surface area contributed by atoms with Crippen LogP contribution >= 0.6 is 0 Å². The topological polar surface area (TPSA) is 38.7 Å². The summed E-state index contributed by atoms with van der Waals surface area (Å²) in [4.78, 5) is 0. The average Bonchev–Trinajstić information content (AvgIpc) is 2.80. The number of benzene rings is 1. The predicted octanol–water partition coefficient (Wildman–Crippen LogP) is 2.10. The lowest BCUT2D eigenvalue weighted by atomic mass is 9.75. The molecular weight excluding hydrogens is 258 g/mol. The van der Waals surface area contributed by atoms with Crippen LogP contribution in [0.5, 0.6) is 0 Å². The predicted molar refractivity (Wildman–Crippen MR) is 75.4 cm³/mol. The highest BCUT2D eigenvalue weighted by Crippen LogP contribution is 2.38. The van der Waals surface area contributed by atoms with Gasteiger partial charge in [-0.2, -0.15) is 0 Å². The third kappa shape index (κ3) is 1.91. The minimum absolute atomic E-state index is 0.342. The van der Waals surface area contributed by atoms with E-state index in [2.05, 4.69) is 0 Å². The van der Waals surface area contributed by atoms with Crippen LogP contribution in [0.2, 0.25) is 0 Å². The molecule has 0 radical (unpaired) electrons. The zero-order valence-corrected chi connectivity index (χ0v) is 12.4. The van der Waals surface area contributed by atoms with E-state index in [9.17, 15) is 9.50 Å². The van der Waals surface area contributed by atoms with Crippen LogP contribution in [0.4, 0.5) is 4.39 Å². The molecule has 0 saturated carbocycles. The molecule has 0 amide bonds. The number of rotatable bonds is 1. The van der Waals surface area contributed by atoms with Gasteiger partial charge in [-0.1, -0.05) is 6.07 Å². The molecule has 3 rings (SSSR count). The molecule has 1 saturated heterocycles. The van der Waals surface area contributed by atoms with Gasteiger partial charge < -0.3 is 14.4 Å². The minimum Gasteiger partial charge on any atom is -0.399 e. The van der Waals surface area contributed by atoms with E-state index in [1.165, 1.54) is 6.07 Å². The van der Waals surface area contributed by atoms with Crippen LogP contribution in [0.15, 0.2) is 12.1 Å². The lowest BCUT2D eigenvalue weighted by Gasteiger charge is -2.32. The fourth-order valence-corrected chi connectivity index (χ4v) is 2.91. The van der Waals surface area contributed by atoms with Crippen molar-refractivity contribution >= 4 is 12.6 Å². The Balaban J connectivity index is 2.02. The number of hydrogen-bond acceptors (Lipinski definition) is 3. The van der Waals surface area contributed by atoms with Crippen LogP contribution in [0.3, 0.4) is 0 Å². The minimum atomic E-state index is -0.715. The molecule has 1 atom stereocenters. The van der Waals surface area contributed by atoms with E-state index in [1.54, 1.807) is 6.07 Å². The number of hydrogen-bond donors (Lipinski definition) is 1. The maximum Gasteiger partial charge on any atom is 0.495 e. The van der Waals surface area contributed by atoms with Gasteiger partial charge in [0.25, 0.3) is 0 Å². The van der Waals surface area contributed by atoms with Crippen molar-refractivity contribution in [3.8, 4) is 0 Å². The van der Waals surface area contributed by atoms with Gasteiger partial charge in [0, 0.05) is 5.56 Å². The Morgan fingerprint density at radius 1 is 1.20 bits per heavy atom. The van der Waals surface area contributed by atoms with E-state index < -0.39 is 24.4 Å². The lowest BCUT2D eigenvalue weighted by Crippen LogP contribution is -2.41. The van der Waals surface area contributed by atoms with Gasteiger partial charge in [0.05, 0.1) is 17.3 Å². The van der Waals surface area contributed by atoms with Crippen molar-refractivity contribution in [2.75, 3.05) is 0 Å². The quantitative estimate of drug-likeness (QED) is 0.800. The molecule has 1 aromatic rings. The molecule has 0 spiro atoms. The highest BCUT2D eigenvalue weighted by atomic mass is 19.1. The maximum atomic E-state index is 13.9. The van der Waals surface area contributed by atoms with Gasteiger partial charge >= 0.3 is 7.12 Å². The molecule has 1 heterocycles. The van der Waals surface area contributed by atoms with Gasteiger partial charge in [0.1, 0.15) is 5.82 Å². The molecule has 0 bridgehead atoms. The van der Waals surface area contributed by atoms with Crippen molar-refractivity contribution < 1.29 is 18.8 Å². The highest BCUT2D eigenvalue weighted by molar-refractivity contribution is 6.62. The van der Waals surface area contributed by atoms with E-state index in [-0.39, 0.29) is 5.82 Å². The van der Waals surface area contributed by atoms with Crippen molar-refractivity contribution in [2.24, 2.45) is 0 Å². The first-order valence-corrected chi connectivity index (χ1v) is 7.08. The van der Waals surface area contributed by atoms with Crippen molar-refractivity contribution in [1.82, 2.24) is 0 Å². The Labute approximate surface area is 119 Å². The Morgan fingerprint density at radius 2 is 1.80 bits per heavy atom. The summed E-state index contributed by atoms with van der Waals surface area (Å²) in [6, 6.07) is 3.11. The molecule has 5 heteroatoms. The van der Waals surface area contributed by atoms with E-state index in [4.69, 9.17) is 9.31 Å². The molecule has 1 aliphatic carbocycles. The van der Waals surface area contributed by atoms with Gasteiger partial charge in [-0.25, -0.2) is 4.39 Å². The van der Waals surface area contributed by atoms with E-state index in [0.717, 1.165) is 11.0 Å². The molecule has 20 heavy (non-hydrogen) atoms. The fraction of sp³-hybridized carbons (Fsp3) is 0.600. The van der Waals surface area contributed by atoms with Gasteiger partial charge in [-0.3, -0.25) is 0 Å². The molecule has 1 fully saturated rings. The number of fused-ring (bicyclic) bond motifs is 1. The molecule has 1 unspecified atom stereocenters. The number of halogens is 1. The Morgan fingerprint density at radius 3 is 2.40 bits per heavy atom. The first-order valence-electron chi connectivity index (χ1n) is 7.08. The molecule has 3 nitrogen and oxygen atoms in total. The second-order valence-corrected chi connectivity index (χ2v) is 6.67. The van der Waals surface area contributed by atoms with E-state index in [0.29, 0.717) is 18.4 Å². The summed E-state index contributed by atoms with van der Waals surface area (Å²) < 4.78 is 25.9. The van der Waals surface area contributed by atoms with Crippen molar-refractivity contribution in [1.29, 1.82) is 0 Å². The van der Waals surface area contributed by atoms with E-state index in [1.807, 2.05) is 27.7 Å². The Kier molecular flexibility index (Phi) is 3.02. The lowest BCUT2D eigenvalue weighted by molar-refractivity contribution is 0.00578. The number of aliphatic hydroxyl groups excluding tert-OH is 1.